The van der Waals surface area contributed by atoms with Crippen LogP contribution in [0.15, 0.2) is 11.8 Å². The minimum absolute atomic E-state index is 0.171. The third kappa shape index (κ3) is 0.303. The summed E-state index contributed by atoms with van der Waals surface area (Å²) in [6.07, 6.45) is 2.90. The summed E-state index contributed by atoms with van der Waals surface area (Å²) in [5, 5.41) is 0. The largest absolute Gasteiger partial charge is 0.401 e. The van der Waals surface area contributed by atoms with Crippen LogP contribution in [0.25, 0.3) is 0 Å². The maximum Gasteiger partial charge on any atom is 0.0474 e. The van der Waals surface area contributed by atoms with E-state index in [0.717, 1.165) is 12.1 Å². The van der Waals surface area contributed by atoms with E-state index in [0.29, 0.717) is 0 Å². The van der Waals surface area contributed by atoms with Gasteiger partial charge in [0.25, 0.3) is 0 Å². The Morgan fingerprint density at radius 1 is 1.83 bits per heavy atom. The standard InChI is InChI=1S/C4H8N2/c5-3-1-2-4(3)6/h1,4H,2,5-6H2. The average molecular weight is 84.1 g/mol. The number of nitrogens with two attached hydrogens (primary N) is 2. The quantitative estimate of drug-likeness (QED) is 0.418. The van der Waals surface area contributed by atoms with E-state index in [9.17, 15) is 0 Å². The summed E-state index contributed by atoms with van der Waals surface area (Å²) in [5.41, 5.74) is 11.4. The molecule has 0 saturated heterocycles. The molecular formula is C4H8N2. The van der Waals surface area contributed by atoms with Gasteiger partial charge in [0.05, 0.1) is 0 Å². The molecule has 0 amide bonds. The molecule has 1 aliphatic rings. The van der Waals surface area contributed by atoms with Crippen molar-refractivity contribution in [2.24, 2.45) is 11.5 Å². The van der Waals surface area contributed by atoms with Gasteiger partial charge in [0.2, 0.25) is 0 Å². The summed E-state index contributed by atoms with van der Waals surface area (Å²) in [7, 11) is 0. The van der Waals surface area contributed by atoms with Gasteiger partial charge >= 0.3 is 0 Å². The van der Waals surface area contributed by atoms with Crippen LogP contribution < -0.4 is 11.5 Å². The van der Waals surface area contributed by atoms with Crippen molar-refractivity contribution in [3.8, 4) is 0 Å². The van der Waals surface area contributed by atoms with E-state index >= 15 is 0 Å². The fourth-order valence-corrected chi connectivity index (χ4v) is 0.390. The molecule has 0 radical (unpaired) electrons. The maximum atomic E-state index is 5.33. The minimum Gasteiger partial charge on any atom is -0.401 e. The Hall–Kier alpha value is -0.500. The summed E-state index contributed by atoms with van der Waals surface area (Å²) >= 11 is 0. The Labute approximate surface area is 36.8 Å². The molecule has 1 atom stereocenters. The van der Waals surface area contributed by atoms with Gasteiger partial charge in [0.1, 0.15) is 0 Å². The van der Waals surface area contributed by atoms with Gasteiger partial charge < -0.3 is 11.5 Å². The van der Waals surface area contributed by atoms with E-state index in [4.69, 9.17) is 11.5 Å². The highest BCUT2D eigenvalue weighted by Crippen LogP contribution is 2.09. The lowest BCUT2D eigenvalue weighted by molar-refractivity contribution is 0.699. The highest BCUT2D eigenvalue weighted by Gasteiger charge is 2.10. The SMILES string of the molecule is NC1=CCC1N. The Bertz CT molecular complexity index is 85.5. The molecule has 4 N–H and O–H groups in total. The lowest BCUT2D eigenvalue weighted by atomic mass is 10.0. The summed E-state index contributed by atoms with van der Waals surface area (Å²) in [4.78, 5) is 0. The van der Waals surface area contributed by atoms with E-state index in [1.807, 2.05) is 6.08 Å². The van der Waals surface area contributed by atoms with Crippen LogP contribution in [0.1, 0.15) is 6.42 Å². The summed E-state index contributed by atoms with van der Waals surface area (Å²) in [6, 6.07) is 0.171. The molecule has 6 heavy (non-hydrogen) atoms. The molecule has 1 unspecified atom stereocenters. The third-order valence-electron chi connectivity index (χ3n) is 1.04. The maximum absolute atomic E-state index is 5.33. The summed E-state index contributed by atoms with van der Waals surface area (Å²) in [5.74, 6) is 0. The number of hydrogen-bond donors (Lipinski definition) is 2. The van der Waals surface area contributed by atoms with Crippen LogP contribution in [0.4, 0.5) is 0 Å². The van der Waals surface area contributed by atoms with E-state index in [-0.39, 0.29) is 6.04 Å². The molecule has 0 aliphatic heterocycles. The molecule has 0 spiro atoms. The van der Waals surface area contributed by atoms with E-state index < -0.39 is 0 Å². The molecule has 0 aromatic carbocycles. The lowest BCUT2D eigenvalue weighted by Gasteiger charge is -2.17. The van der Waals surface area contributed by atoms with Gasteiger partial charge in [0.15, 0.2) is 0 Å². The van der Waals surface area contributed by atoms with Gasteiger partial charge in [-0.25, -0.2) is 0 Å². The van der Waals surface area contributed by atoms with Crippen LogP contribution >= 0.6 is 0 Å². The fraction of sp³-hybridized carbons (Fsp3) is 0.500. The van der Waals surface area contributed by atoms with Crippen LogP contribution in [0.5, 0.6) is 0 Å². The zero-order chi connectivity index (χ0) is 4.57. The first kappa shape index (κ1) is 3.68. The van der Waals surface area contributed by atoms with Gasteiger partial charge in [-0.05, 0) is 6.42 Å². The molecule has 34 valence electrons. The van der Waals surface area contributed by atoms with Crippen LogP contribution in [-0.4, -0.2) is 6.04 Å². The second kappa shape index (κ2) is 0.980. The zero-order valence-corrected chi connectivity index (χ0v) is 3.52. The van der Waals surface area contributed by atoms with E-state index in [1.165, 1.54) is 0 Å². The van der Waals surface area contributed by atoms with Crippen molar-refractivity contribution in [2.45, 2.75) is 12.5 Å². The predicted molar refractivity (Wildman–Crippen MR) is 24.9 cm³/mol. The topological polar surface area (TPSA) is 52.0 Å². The minimum atomic E-state index is 0.171. The van der Waals surface area contributed by atoms with Crippen molar-refractivity contribution in [1.29, 1.82) is 0 Å². The molecule has 0 heterocycles. The molecule has 0 aromatic heterocycles. The number of rotatable bonds is 0. The fourth-order valence-electron chi connectivity index (χ4n) is 0.390. The Morgan fingerprint density at radius 3 is 2.33 bits per heavy atom. The highest BCUT2D eigenvalue weighted by molar-refractivity contribution is 5.16. The van der Waals surface area contributed by atoms with Gasteiger partial charge in [-0.3, -0.25) is 0 Å². The van der Waals surface area contributed by atoms with Gasteiger partial charge in [0, 0.05) is 11.7 Å². The number of hydrogen-bond acceptors (Lipinski definition) is 2. The van der Waals surface area contributed by atoms with Crippen molar-refractivity contribution in [2.75, 3.05) is 0 Å². The monoisotopic (exact) mass is 84.1 g/mol. The van der Waals surface area contributed by atoms with Crippen LogP contribution in [0, 0.1) is 0 Å². The molecule has 0 fully saturated rings. The van der Waals surface area contributed by atoms with E-state index in [2.05, 4.69) is 0 Å². The molecule has 0 aromatic rings. The van der Waals surface area contributed by atoms with Crippen molar-refractivity contribution in [3.05, 3.63) is 11.8 Å². The molecule has 1 rings (SSSR count). The van der Waals surface area contributed by atoms with Crippen molar-refractivity contribution in [1.82, 2.24) is 0 Å². The van der Waals surface area contributed by atoms with Crippen molar-refractivity contribution in [3.63, 3.8) is 0 Å². The smallest absolute Gasteiger partial charge is 0.0474 e. The average Bonchev–Trinajstić information content (AvgIpc) is 1.61. The van der Waals surface area contributed by atoms with Crippen molar-refractivity contribution >= 4 is 0 Å². The van der Waals surface area contributed by atoms with Crippen LogP contribution in [-0.2, 0) is 0 Å². The van der Waals surface area contributed by atoms with E-state index in [1.54, 1.807) is 0 Å². The first-order valence-corrected chi connectivity index (χ1v) is 2.02. The summed E-state index contributed by atoms with van der Waals surface area (Å²) < 4.78 is 0. The molecule has 2 heteroatoms. The Kier molecular flexibility index (Phi) is 0.601. The normalized spacial score (nSPS) is 31.5. The zero-order valence-electron chi connectivity index (χ0n) is 3.52. The second-order valence-electron chi connectivity index (χ2n) is 1.55. The van der Waals surface area contributed by atoms with Gasteiger partial charge in [-0.2, -0.15) is 0 Å². The van der Waals surface area contributed by atoms with Crippen LogP contribution in [0.3, 0.4) is 0 Å². The van der Waals surface area contributed by atoms with Gasteiger partial charge in [-0.1, -0.05) is 6.08 Å². The molecule has 0 bridgehead atoms. The molecule has 0 saturated carbocycles. The van der Waals surface area contributed by atoms with Crippen LogP contribution in [0.2, 0.25) is 0 Å². The second-order valence-corrected chi connectivity index (χ2v) is 1.55. The predicted octanol–water partition coefficient (Wildman–Crippen LogP) is -0.440. The first-order chi connectivity index (χ1) is 2.80. The lowest BCUT2D eigenvalue weighted by Crippen LogP contribution is -2.33. The third-order valence-corrected chi connectivity index (χ3v) is 1.04. The molecule has 2 nitrogen and oxygen atoms in total. The first-order valence-electron chi connectivity index (χ1n) is 2.02. The molecule has 1 aliphatic carbocycles. The Balaban J connectivity index is 2.51. The van der Waals surface area contributed by atoms with Crippen molar-refractivity contribution < 1.29 is 0 Å². The highest BCUT2D eigenvalue weighted by atomic mass is 14.8. The molecular weight excluding hydrogens is 76.1 g/mol. The summed E-state index contributed by atoms with van der Waals surface area (Å²) in [6.45, 7) is 0. The van der Waals surface area contributed by atoms with Gasteiger partial charge in [-0.15, -0.1) is 0 Å². The Morgan fingerprint density at radius 2 is 2.33 bits per heavy atom.